The number of carboxylic acid groups (broad SMARTS) is 1. The quantitative estimate of drug-likeness (QED) is 0.676. The summed E-state index contributed by atoms with van der Waals surface area (Å²) in [6.45, 7) is 0. The van der Waals surface area contributed by atoms with Crippen molar-refractivity contribution in [3.8, 4) is 0 Å². The first kappa shape index (κ1) is 9.01. The smallest absolute Gasteiger partial charge is 0.335 e. The van der Waals surface area contributed by atoms with Crippen LogP contribution in [-0.2, 0) is 0 Å². The number of anilines is 1. The molecule has 0 saturated heterocycles. The fraction of sp³-hybridized carbons (Fsp3) is 0. The lowest BCUT2D eigenvalue weighted by atomic mass is 10.1. The van der Waals surface area contributed by atoms with Gasteiger partial charge in [-0.3, -0.25) is 5.10 Å². The largest absolute Gasteiger partial charge is 0.478 e. The second-order valence-corrected chi connectivity index (χ2v) is 3.60. The maximum absolute atomic E-state index is 10.7. The molecule has 4 N–H and O–H groups in total. The van der Waals surface area contributed by atoms with Crippen LogP contribution < -0.4 is 5.73 Å². The van der Waals surface area contributed by atoms with E-state index in [1.54, 1.807) is 0 Å². The molecule has 2 rings (SSSR count). The van der Waals surface area contributed by atoms with Crippen molar-refractivity contribution >= 4 is 38.5 Å². The molecule has 0 radical (unpaired) electrons. The summed E-state index contributed by atoms with van der Waals surface area (Å²) in [6.07, 6.45) is 0. The molecule has 1 heterocycles. The van der Waals surface area contributed by atoms with Crippen LogP contribution in [-0.4, -0.2) is 21.3 Å². The molecule has 72 valence electrons. The lowest BCUT2D eigenvalue weighted by Crippen LogP contribution is -1.98. The van der Waals surface area contributed by atoms with Gasteiger partial charge in [-0.15, -0.1) is 0 Å². The molecule has 5 nitrogen and oxygen atoms in total. The molecule has 0 bridgehead atoms. The van der Waals surface area contributed by atoms with Crippen molar-refractivity contribution < 1.29 is 9.90 Å². The number of nitrogens with one attached hydrogen (secondary N) is 1. The molecule has 1 aromatic carbocycles. The van der Waals surface area contributed by atoms with Crippen LogP contribution in [0.2, 0.25) is 0 Å². The third kappa shape index (κ3) is 1.24. The Balaban J connectivity index is 2.80. The van der Waals surface area contributed by atoms with Gasteiger partial charge in [0.1, 0.15) is 4.60 Å². The molecule has 0 fully saturated rings. The lowest BCUT2D eigenvalue weighted by Gasteiger charge is -1.98. The molecule has 0 saturated carbocycles. The summed E-state index contributed by atoms with van der Waals surface area (Å²) in [6, 6.07) is 2.88. The highest BCUT2D eigenvalue weighted by Crippen LogP contribution is 2.27. The topological polar surface area (TPSA) is 92.0 Å². The van der Waals surface area contributed by atoms with Gasteiger partial charge in [0.15, 0.2) is 0 Å². The predicted molar refractivity (Wildman–Crippen MR) is 55.2 cm³/mol. The van der Waals surface area contributed by atoms with Crippen molar-refractivity contribution in [3.05, 3.63) is 22.3 Å². The third-order valence-electron chi connectivity index (χ3n) is 1.89. The Morgan fingerprint density at radius 3 is 2.93 bits per heavy atom. The predicted octanol–water partition coefficient (Wildman–Crippen LogP) is 1.61. The van der Waals surface area contributed by atoms with Gasteiger partial charge in [-0.05, 0) is 28.1 Å². The highest BCUT2D eigenvalue weighted by Gasteiger charge is 2.11. The van der Waals surface area contributed by atoms with E-state index >= 15 is 0 Å². The van der Waals surface area contributed by atoms with Gasteiger partial charge in [-0.2, -0.15) is 5.10 Å². The number of carbonyl (C=O) groups is 1. The Labute approximate surface area is 87.0 Å². The number of halogens is 1. The molecule has 0 atom stereocenters. The molecule has 0 aliphatic heterocycles. The minimum atomic E-state index is -1.02. The van der Waals surface area contributed by atoms with Crippen LogP contribution in [0.1, 0.15) is 10.4 Å². The summed E-state index contributed by atoms with van der Waals surface area (Å²) < 4.78 is 0.655. The zero-order valence-corrected chi connectivity index (χ0v) is 8.50. The normalized spacial score (nSPS) is 10.6. The Morgan fingerprint density at radius 1 is 1.57 bits per heavy atom. The molecular formula is C8H6BrN3O2. The first-order valence-corrected chi connectivity index (χ1v) is 4.55. The van der Waals surface area contributed by atoms with Crippen molar-refractivity contribution in [1.29, 1.82) is 0 Å². The fourth-order valence-corrected chi connectivity index (χ4v) is 1.79. The number of nitrogens with two attached hydrogens (primary N) is 1. The highest BCUT2D eigenvalue weighted by molar-refractivity contribution is 9.10. The van der Waals surface area contributed by atoms with Gasteiger partial charge < -0.3 is 10.8 Å². The van der Waals surface area contributed by atoms with Crippen LogP contribution in [0.3, 0.4) is 0 Å². The standard InChI is InChI=1S/C8H6BrN3O2/c9-7-6-4(10)1-3(8(13)14)2-5(6)11-12-7/h1-2H,10H2,(H,11,12)(H,13,14). The third-order valence-corrected chi connectivity index (χ3v) is 2.46. The summed E-state index contributed by atoms with van der Waals surface area (Å²) in [7, 11) is 0. The molecule has 0 amide bonds. The number of carboxylic acids is 1. The summed E-state index contributed by atoms with van der Waals surface area (Å²) >= 11 is 3.23. The van der Waals surface area contributed by atoms with Gasteiger partial charge in [0.25, 0.3) is 0 Å². The minimum Gasteiger partial charge on any atom is -0.478 e. The first-order valence-electron chi connectivity index (χ1n) is 3.76. The molecular weight excluding hydrogens is 250 g/mol. The Kier molecular flexibility index (Phi) is 1.92. The van der Waals surface area contributed by atoms with Crippen molar-refractivity contribution in [2.75, 3.05) is 5.73 Å². The van der Waals surface area contributed by atoms with Gasteiger partial charge >= 0.3 is 5.97 Å². The van der Waals surface area contributed by atoms with Gasteiger partial charge in [-0.1, -0.05) is 0 Å². The number of H-pyrrole nitrogens is 1. The van der Waals surface area contributed by atoms with Crippen LogP contribution in [0.15, 0.2) is 16.7 Å². The number of nitrogens with zero attached hydrogens (tertiary/aromatic N) is 1. The molecule has 1 aromatic heterocycles. The van der Waals surface area contributed by atoms with Crippen molar-refractivity contribution in [3.63, 3.8) is 0 Å². The zero-order chi connectivity index (χ0) is 10.3. The van der Waals surface area contributed by atoms with E-state index < -0.39 is 5.97 Å². The molecule has 0 unspecified atom stereocenters. The fourth-order valence-electron chi connectivity index (χ4n) is 1.26. The number of hydrogen-bond donors (Lipinski definition) is 3. The summed E-state index contributed by atoms with van der Waals surface area (Å²) in [5.41, 5.74) is 6.75. The second-order valence-electron chi connectivity index (χ2n) is 2.80. The molecule has 2 aromatic rings. The van der Waals surface area contributed by atoms with Crippen molar-refractivity contribution in [2.24, 2.45) is 0 Å². The van der Waals surface area contributed by atoms with Crippen LogP contribution in [0.4, 0.5) is 5.69 Å². The zero-order valence-electron chi connectivity index (χ0n) is 6.91. The van der Waals surface area contributed by atoms with E-state index in [1.807, 2.05) is 0 Å². The van der Waals surface area contributed by atoms with E-state index in [2.05, 4.69) is 26.1 Å². The number of fused-ring (bicyclic) bond motifs is 1. The Bertz CT molecular complexity index is 521. The molecule has 0 spiro atoms. The van der Waals surface area contributed by atoms with E-state index in [9.17, 15) is 4.79 Å². The average molecular weight is 256 g/mol. The molecule has 6 heteroatoms. The van der Waals surface area contributed by atoms with Crippen molar-refractivity contribution in [1.82, 2.24) is 10.2 Å². The monoisotopic (exact) mass is 255 g/mol. The number of benzene rings is 1. The van der Waals surface area contributed by atoms with Crippen molar-refractivity contribution in [2.45, 2.75) is 0 Å². The Morgan fingerprint density at radius 2 is 2.29 bits per heavy atom. The van der Waals surface area contributed by atoms with E-state index in [-0.39, 0.29) is 5.56 Å². The number of hydrogen-bond acceptors (Lipinski definition) is 3. The summed E-state index contributed by atoms with van der Waals surface area (Å²) in [5.74, 6) is -1.02. The number of aromatic amines is 1. The van der Waals surface area contributed by atoms with Gasteiger partial charge in [-0.25, -0.2) is 4.79 Å². The average Bonchev–Trinajstić information content (AvgIpc) is 2.48. The molecule has 0 aliphatic carbocycles. The van der Waals surface area contributed by atoms with Gasteiger partial charge in [0.2, 0.25) is 0 Å². The molecule has 14 heavy (non-hydrogen) atoms. The van der Waals surface area contributed by atoms with Gasteiger partial charge in [0.05, 0.1) is 16.5 Å². The highest BCUT2D eigenvalue weighted by atomic mass is 79.9. The maximum atomic E-state index is 10.7. The van der Waals surface area contributed by atoms with E-state index in [4.69, 9.17) is 10.8 Å². The number of aromatic carboxylic acids is 1. The number of nitrogen functional groups attached to an aromatic ring is 1. The Hall–Kier alpha value is -1.56. The van der Waals surface area contributed by atoms with E-state index in [0.717, 1.165) is 0 Å². The number of aromatic nitrogens is 2. The van der Waals surface area contributed by atoms with E-state index in [0.29, 0.717) is 21.2 Å². The SMILES string of the molecule is Nc1cc(C(=O)O)cc2n[nH]c(Br)c12. The lowest BCUT2D eigenvalue weighted by molar-refractivity contribution is 0.0697. The number of rotatable bonds is 1. The second kappa shape index (κ2) is 2.98. The van der Waals surface area contributed by atoms with Crippen LogP contribution >= 0.6 is 15.9 Å². The summed E-state index contributed by atoms with van der Waals surface area (Å²) in [4.78, 5) is 10.7. The molecule has 0 aliphatic rings. The summed E-state index contributed by atoms with van der Waals surface area (Å²) in [5, 5.41) is 16.1. The van der Waals surface area contributed by atoms with Gasteiger partial charge in [0, 0.05) is 5.69 Å². The van der Waals surface area contributed by atoms with Crippen LogP contribution in [0.25, 0.3) is 10.9 Å². The minimum absolute atomic E-state index is 0.133. The maximum Gasteiger partial charge on any atom is 0.335 e. The van der Waals surface area contributed by atoms with Crippen LogP contribution in [0, 0.1) is 0 Å². The first-order chi connectivity index (χ1) is 6.59. The van der Waals surface area contributed by atoms with E-state index in [1.165, 1.54) is 12.1 Å². The van der Waals surface area contributed by atoms with Crippen LogP contribution in [0.5, 0.6) is 0 Å².